The fourth-order valence-electron chi connectivity index (χ4n) is 1.27. The topological polar surface area (TPSA) is 72.2 Å². The minimum absolute atomic E-state index is 0.0116. The SMILES string of the molecule is CCCSP(=O)(OCC)OCc1ncccc1C#N. The van der Waals surface area contributed by atoms with Crippen molar-refractivity contribution in [3.63, 3.8) is 0 Å². The van der Waals surface area contributed by atoms with E-state index in [9.17, 15) is 4.57 Å². The first-order valence-corrected chi connectivity index (χ1v) is 9.16. The lowest BCUT2D eigenvalue weighted by atomic mass is 10.2. The zero-order valence-electron chi connectivity index (χ0n) is 11.0. The maximum atomic E-state index is 12.4. The Bertz CT molecular complexity index is 490. The molecule has 1 rings (SSSR count). The van der Waals surface area contributed by atoms with Crippen LogP contribution in [0.3, 0.4) is 0 Å². The van der Waals surface area contributed by atoms with Gasteiger partial charge in [-0.2, -0.15) is 5.26 Å². The highest BCUT2D eigenvalue weighted by Gasteiger charge is 2.25. The second-order valence-electron chi connectivity index (χ2n) is 3.58. The molecule has 1 unspecified atom stereocenters. The van der Waals surface area contributed by atoms with Gasteiger partial charge in [-0.15, -0.1) is 0 Å². The van der Waals surface area contributed by atoms with Crippen LogP contribution in [-0.4, -0.2) is 17.3 Å². The highest BCUT2D eigenvalue weighted by Crippen LogP contribution is 2.61. The second-order valence-corrected chi connectivity index (χ2v) is 7.77. The van der Waals surface area contributed by atoms with Crippen molar-refractivity contribution < 1.29 is 13.6 Å². The van der Waals surface area contributed by atoms with Crippen LogP contribution in [0.2, 0.25) is 0 Å². The quantitative estimate of drug-likeness (QED) is 0.681. The molecule has 0 aliphatic heterocycles. The summed E-state index contributed by atoms with van der Waals surface area (Å²) in [4.78, 5) is 4.06. The Balaban J connectivity index is 2.71. The average molecular weight is 300 g/mol. The van der Waals surface area contributed by atoms with Crippen LogP contribution in [0.25, 0.3) is 0 Å². The molecule has 0 N–H and O–H groups in total. The molecule has 0 aromatic carbocycles. The first-order valence-electron chi connectivity index (χ1n) is 6.02. The normalized spacial score (nSPS) is 13.7. The van der Waals surface area contributed by atoms with Crippen LogP contribution in [0.4, 0.5) is 0 Å². The van der Waals surface area contributed by atoms with Crippen LogP contribution in [0.1, 0.15) is 31.5 Å². The summed E-state index contributed by atoms with van der Waals surface area (Å²) in [6, 6.07) is 5.35. The number of aromatic nitrogens is 1. The first-order chi connectivity index (χ1) is 9.15. The highest BCUT2D eigenvalue weighted by molar-refractivity contribution is 8.55. The van der Waals surface area contributed by atoms with E-state index in [1.807, 2.05) is 13.0 Å². The number of hydrogen-bond acceptors (Lipinski definition) is 6. The zero-order chi connectivity index (χ0) is 14.1. The van der Waals surface area contributed by atoms with Crippen LogP contribution in [0, 0.1) is 11.3 Å². The Kier molecular flexibility index (Phi) is 7.11. The lowest BCUT2D eigenvalue weighted by Gasteiger charge is -2.16. The van der Waals surface area contributed by atoms with E-state index in [-0.39, 0.29) is 6.61 Å². The summed E-state index contributed by atoms with van der Waals surface area (Å²) >= 11 is 1.18. The van der Waals surface area contributed by atoms with Crippen molar-refractivity contribution in [1.29, 1.82) is 5.26 Å². The first kappa shape index (κ1) is 16.2. The Hall–Kier alpha value is -0.860. The predicted octanol–water partition coefficient (Wildman–Crippen LogP) is 3.76. The smallest absolute Gasteiger partial charge is 0.301 e. The van der Waals surface area contributed by atoms with Crippen molar-refractivity contribution in [3.8, 4) is 6.07 Å². The van der Waals surface area contributed by atoms with Crippen LogP contribution in [0.15, 0.2) is 18.3 Å². The highest BCUT2D eigenvalue weighted by atomic mass is 32.7. The standard InChI is InChI=1S/C12H17N2O3PS/c1-3-8-19-18(15,16-4-2)17-10-12-11(9-13)6-5-7-14-12/h5-7H,3-4,8,10H2,1-2H3. The second kappa shape index (κ2) is 8.34. The maximum absolute atomic E-state index is 12.4. The summed E-state index contributed by atoms with van der Waals surface area (Å²) in [7, 11) is 0. The van der Waals surface area contributed by atoms with Gasteiger partial charge < -0.3 is 4.52 Å². The van der Waals surface area contributed by atoms with E-state index in [1.165, 1.54) is 11.4 Å². The Morgan fingerprint density at radius 3 is 2.89 bits per heavy atom. The van der Waals surface area contributed by atoms with Gasteiger partial charge in [0.1, 0.15) is 12.7 Å². The Labute approximate surface area is 117 Å². The van der Waals surface area contributed by atoms with Gasteiger partial charge in [0.05, 0.1) is 17.9 Å². The van der Waals surface area contributed by atoms with Gasteiger partial charge in [-0.05, 0) is 36.9 Å². The van der Waals surface area contributed by atoms with Crippen molar-refractivity contribution in [1.82, 2.24) is 4.98 Å². The van der Waals surface area contributed by atoms with Crippen LogP contribution >= 0.6 is 18.2 Å². The van der Waals surface area contributed by atoms with Crippen LogP contribution in [0.5, 0.6) is 0 Å². The molecule has 1 aromatic heterocycles. The molecule has 0 bridgehead atoms. The lowest BCUT2D eigenvalue weighted by Crippen LogP contribution is -1.99. The molecule has 0 aliphatic carbocycles. The van der Waals surface area contributed by atoms with Crippen LogP contribution < -0.4 is 0 Å². The minimum atomic E-state index is -3.16. The van der Waals surface area contributed by atoms with Crippen molar-refractivity contribution in [2.24, 2.45) is 0 Å². The fraction of sp³-hybridized carbons (Fsp3) is 0.500. The summed E-state index contributed by atoms with van der Waals surface area (Å²) in [5.41, 5.74) is 0.896. The number of hydrogen-bond donors (Lipinski definition) is 0. The van der Waals surface area contributed by atoms with Crippen LogP contribution in [-0.2, 0) is 20.2 Å². The van der Waals surface area contributed by atoms with E-state index >= 15 is 0 Å². The minimum Gasteiger partial charge on any atom is -0.301 e. The summed E-state index contributed by atoms with van der Waals surface area (Å²) in [5.74, 6) is 0.699. The molecule has 0 saturated carbocycles. The van der Waals surface area contributed by atoms with E-state index < -0.39 is 6.80 Å². The van der Waals surface area contributed by atoms with Gasteiger partial charge in [0.15, 0.2) is 0 Å². The third kappa shape index (κ3) is 5.33. The molecule has 1 aromatic rings. The maximum Gasteiger partial charge on any atom is 0.389 e. The molecular weight excluding hydrogens is 283 g/mol. The Morgan fingerprint density at radius 2 is 2.26 bits per heavy atom. The van der Waals surface area contributed by atoms with Gasteiger partial charge in [-0.3, -0.25) is 9.51 Å². The number of nitrogens with zero attached hydrogens (tertiary/aromatic N) is 2. The van der Waals surface area contributed by atoms with Gasteiger partial charge in [0, 0.05) is 11.9 Å². The van der Waals surface area contributed by atoms with E-state index in [0.717, 1.165) is 6.42 Å². The molecule has 0 amide bonds. The third-order valence-electron chi connectivity index (χ3n) is 2.11. The molecule has 0 spiro atoms. The number of pyridine rings is 1. The molecule has 0 aliphatic rings. The molecular formula is C12H17N2O3PS. The average Bonchev–Trinajstić information content (AvgIpc) is 2.44. The number of rotatable bonds is 8. The molecule has 7 heteroatoms. The van der Waals surface area contributed by atoms with E-state index in [4.69, 9.17) is 14.3 Å². The van der Waals surface area contributed by atoms with E-state index in [0.29, 0.717) is 23.6 Å². The monoisotopic (exact) mass is 300 g/mol. The van der Waals surface area contributed by atoms with E-state index in [2.05, 4.69) is 4.98 Å². The summed E-state index contributed by atoms with van der Waals surface area (Å²) in [6.07, 6.45) is 2.46. The molecule has 104 valence electrons. The third-order valence-corrected chi connectivity index (χ3v) is 6.17. The van der Waals surface area contributed by atoms with Crippen molar-refractivity contribution >= 4 is 18.2 Å². The molecule has 5 nitrogen and oxygen atoms in total. The predicted molar refractivity (Wildman–Crippen MR) is 75.7 cm³/mol. The lowest BCUT2D eigenvalue weighted by molar-refractivity contribution is 0.218. The zero-order valence-corrected chi connectivity index (χ0v) is 12.7. The number of nitriles is 1. The largest absolute Gasteiger partial charge is 0.389 e. The van der Waals surface area contributed by atoms with Gasteiger partial charge >= 0.3 is 6.80 Å². The van der Waals surface area contributed by atoms with E-state index in [1.54, 1.807) is 25.3 Å². The summed E-state index contributed by atoms with van der Waals surface area (Å²) in [5, 5.41) is 8.94. The molecule has 0 radical (unpaired) electrons. The van der Waals surface area contributed by atoms with Crippen molar-refractivity contribution in [3.05, 3.63) is 29.6 Å². The van der Waals surface area contributed by atoms with Crippen molar-refractivity contribution in [2.45, 2.75) is 26.9 Å². The van der Waals surface area contributed by atoms with Gasteiger partial charge in [0.25, 0.3) is 0 Å². The molecule has 0 fully saturated rings. The fourth-order valence-corrected chi connectivity index (χ4v) is 4.63. The molecule has 1 atom stereocenters. The van der Waals surface area contributed by atoms with Gasteiger partial charge in [0.2, 0.25) is 0 Å². The van der Waals surface area contributed by atoms with Crippen molar-refractivity contribution in [2.75, 3.05) is 12.4 Å². The molecule has 1 heterocycles. The summed E-state index contributed by atoms with van der Waals surface area (Å²) < 4.78 is 22.9. The van der Waals surface area contributed by atoms with Gasteiger partial charge in [-0.25, -0.2) is 4.57 Å². The van der Waals surface area contributed by atoms with Gasteiger partial charge in [-0.1, -0.05) is 6.92 Å². The summed E-state index contributed by atoms with van der Waals surface area (Å²) in [6.45, 7) is 0.932. The molecule has 19 heavy (non-hydrogen) atoms. The molecule has 0 saturated heterocycles. The Morgan fingerprint density at radius 1 is 1.47 bits per heavy atom.